The van der Waals surface area contributed by atoms with Crippen LogP contribution in [-0.4, -0.2) is 87.2 Å². The predicted octanol–water partition coefficient (Wildman–Crippen LogP) is -0.690. The number of aliphatic hydroxyl groups is 2. The molecule has 9 N–H and O–H groups in total. The van der Waals surface area contributed by atoms with Crippen molar-refractivity contribution >= 4 is 46.4 Å². The van der Waals surface area contributed by atoms with Crippen LogP contribution in [0.25, 0.3) is 11.2 Å². The number of phosphoric acid groups is 3. The molecule has 3 aromatic rings. The molecule has 1 aromatic carbocycles. The summed E-state index contributed by atoms with van der Waals surface area (Å²) in [5.74, 6) is -0.584. The number of aliphatic hydroxyl groups excluding tert-OH is 2. The van der Waals surface area contributed by atoms with Gasteiger partial charge in [-0.25, -0.2) is 28.6 Å². The fraction of sp³-hybridized carbons (Fsp3) is 0.368. The molecule has 2 aromatic heterocycles. The number of ether oxygens (including phenoxy) is 2. The SMILES string of the molecule is COc1cc(CO)cc(C(=O)NC2[C@@H](COP(=O)(O)OP(=O)(O)OP(=O)(O)O)O[C@@H](n3cnc4c(N)ncnc43)[C@H]2O)c1. The Balaban J connectivity index is 1.61. The lowest BCUT2D eigenvalue weighted by Gasteiger charge is -2.23. The van der Waals surface area contributed by atoms with Crippen molar-refractivity contribution < 1.29 is 70.9 Å². The molecule has 43 heavy (non-hydrogen) atoms. The van der Waals surface area contributed by atoms with Crippen LogP contribution >= 0.6 is 23.5 Å². The second-order valence-electron chi connectivity index (χ2n) is 8.75. The summed E-state index contributed by atoms with van der Waals surface area (Å²) in [5.41, 5.74) is 6.36. The van der Waals surface area contributed by atoms with Gasteiger partial charge in [0.2, 0.25) is 0 Å². The van der Waals surface area contributed by atoms with Gasteiger partial charge in [0.15, 0.2) is 17.7 Å². The van der Waals surface area contributed by atoms with Crippen molar-refractivity contribution in [1.29, 1.82) is 0 Å². The van der Waals surface area contributed by atoms with Gasteiger partial charge in [-0.15, -0.1) is 0 Å². The van der Waals surface area contributed by atoms with E-state index in [1.54, 1.807) is 0 Å². The number of nitrogens with one attached hydrogen (secondary N) is 1. The van der Waals surface area contributed by atoms with Crippen LogP contribution in [0.3, 0.4) is 0 Å². The molecule has 3 unspecified atom stereocenters. The number of carbonyl (C=O) groups excluding carboxylic acids is 1. The zero-order valence-electron chi connectivity index (χ0n) is 21.7. The van der Waals surface area contributed by atoms with E-state index in [4.69, 9.17) is 25.0 Å². The van der Waals surface area contributed by atoms with Gasteiger partial charge < -0.3 is 50.3 Å². The van der Waals surface area contributed by atoms with Crippen LogP contribution < -0.4 is 15.8 Å². The van der Waals surface area contributed by atoms with Gasteiger partial charge in [-0.3, -0.25) is 13.9 Å². The molecule has 24 heteroatoms. The van der Waals surface area contributed by atoms with E-state index in [1.165, 1.54) is 36.2 Å². The highest BCUT2D eigenvalue weighted by molar-refractivity contribution is 7.66. The summed E-state index contributed by atoms with van der Waals surface area (Å²) in [6, 6.07) is 2.72. The van der Waals surface area contributed by atoms with E-state index >= 15 is 0 Å². The Morgan fingerprint density at radius 3 is 2.47 bits per heavy atom. The number of amides is 1. The first-order valence-corrected chi connectivity index (χ1v) is 16.2. The number of aromatic nitrogens is 4. The van der Waals surface area contributed by atoms with Gasteiger partial charge in [-0.2, -0.15) is 8.62 Å². The maximum absolute atomic E-state index is 13.2. The van der Waals surface area contributed by atoms with E-state index < -0.39 is 67.1 Å². The Kier molecular flexibility index (Phi) is 9.70. The molecule has 21 nitrogen and oxygen atoms in total. The first-order valence-electron chi connectivity index (χ1n) is 11.7. The number of imidazole rings is 1. The molecule has 0 aliphatic carbocycles. The minimum absolute atomic E-state index is 0.00279. The minimum Gasteiger partial charge on any atom is -0.497 e. The topological polar surface area (TPSA) is 317 Å². The van der Waals surface area contributed by atoms with Gasteiger partial charge in [0.25, 0.3) is 5.91 Å². The molecule has 236 valence electrons. The Morgan fingerprint density at radius 1 is 1.09 bits per heavy atom. The Hall–Kier alpha value is -2.87. The molecule has 0 radical (unpaired) electrons. The molecule has 0 spiro atoms. The molecule has 1 fully saturated rings. The van der Waals surface area contributed by atoms with Crippen molar-refractivity contribution in [3.8, 4) is 5.75 Å². The monoisotopic (exact) mass is 670 g/mol. The van der Waals surface area contributed by atoms with Gasteiger partial charge in [-0.05, 0) is 23.8 Å². The third-order valence-corrected chi connectivity index (χ3v) is 9.60. The predicted molar refractivity (Wildman–Crippen MR) is 140 cm³/mol. The number of fused-ring (bicyclic) bond motifs is 1. The number of methoxy groups -OCH3 is 1. The average molecular weight is 670 g/mol. The Bertz CT molecular complexity index is 1630. The Labute approximate surface area is 240 Å². The van der Waals surface area contributed by atoms with Crippen molar-refractivity contribution in [2.75, 3.05) is 19.5 Å². The van der Waals surface area contributed by atoms with Crippen LogP contribution in [-0.2, 0) is 38.2 Å². The Morgan fingerprint density at radius 2 is 1.81 bits per heavy atom. The number of nitrogens with two attached hydrogens (primary N) is 1. The zero-order valence-corrected chi connectivity index (χ0v) is 24.4. The van der Waals surface area contributed by atoms with Crippen LogP contribution in [0, 0.1) is 0 Å². The summed E-state index contributed by atoms with van der Waals surface area (Å²) < 4.78 is 59.1. The first-order chi connectivity index (χ1) is 20.0. The standard InChI is InChI=1S/C19H25N6O15P3/c1-36-11-3-9(5-26)2-10(4-11)18(28)24-13-12(6-37-42(32,33)40-43(34,35)39-41(29,30)31)38-19(15(13)27)25-8-23-14-16(20)21-7-22-17(14)25/h2-4,7-8,12-13,15,19,26-27H,5-6H2,1H3,(H,24,28)(H,32,33)(H,34,35)(H2,20,21,22)(H2,29,30,31)/t12-,13?,15+,19-/m1/s1. The van der Waals surface area contributed by atoms with Gasteiger partial charge in [0, 0.05) is 5.56 Å². The molecule has 1 aliphatic heterocycles. The van der Waals surface area contributed by atoms with Crippen molar-refractivity contribution in [3.63, 3.8) is 0 Å². The molecule has 0 saturated carbocycles. The fourth-order valence-electron chi connectivity index (χ4n) is 4.06. The van der Waals surface area contributed by atoms with Gasteiger partial charge in [-0.1, -0.05) is 0 Å². The highest BCUT2D eigenvalue weighted by Gasteiger charge is 2.48. The minimum atomic E-state index is -5.82. The normalized spacial score (nSPS) is 23.5. The van der Waals surface area contributed by atoms with Crippen LogP contribution in [0.5, 0.6) is 5.75 Å². The van der Waals surface area contributed by atoms with E-state index in [9.17, 15) is 38.5 Å². The highest BCUT2D eigenvalue weighted by atomic mass is 31.3. The molecular weight excluding hydrogens is 645 g/mol. The van der Waals surface area contributed by atoms with Gasteiger partial charge in [0.1, 0.15) is 29.8 Å². The van der Waals surface area contributed by atoms with Crippen LogP contribution in [0.4, 0.5) is 5.82 Å². The maximum atomic E-state index is 13.2. The van der Waals surface area contributed by atoms with Crippen molar-refractivity contribution in [2.45, 2.75) is 31.1 Å². The summed E-state index contributed by atoms with van der Waals surface area (Å²) in [6.07, 6.45) is -2.19. The average Bonchev–Trinajstić information content (AvgIpc) is 3.46. The largest absolute Gasteiger partial charge is 0.497 e. The van der Waals surface area contributed by atoms with E-state index in [0.717, 1.165) is 6.33 Å². The van der Waals surface area contributed by atoms with Gasteiger partial charge >= 0.3 is 23.5 Å². The zero-order chi connectivity index (χ0) is 31.7. The third-order valence-electron chi connectivity index (χ3n) is 5.80. The van der Waals surface area contributed by atoms with E-state index in [0.29, 0.717) is 5.56 Å². The number of carbonyl (C=O) groups is 1. The summed E-state index contributed by atoms with van der Waals surface area (Å²) in [6.45, 7) is -1.44. The second kappa shape index (κ2) is 12.6. The lowest BCUT2D eigenvalue weighted by Crippen LogP contribution is -2.48. The number of rotatable bonds is 12. The van der Waals surface area contributed by atoms with Crippen molar-refractivity contribution in [1.82, 2.24) is 24.8 Å². The van der Waals surface area contributed by atoms with Crippen molar-refractivity contribution in [2.24, 2.45) is 0 Å². The molecule has 1 saturated heterocycles. The number of nitrogen functional groups attached to an aromatic ring is 1. The number of benzene rings is 1. The highest BCUT2D eigenvalue weighted by Crippen LogP contribution is 2.66. The third kappa shape index (κ3) is 8.00. The van der Waals surface area contributed by atoms with E-state index in [-0.39, 0.29) is 28.3 Å². The second-order valence-corrected chi connectivity index (χ2v) is 13.2. The van der Waals surface area contributed by atoms with E-state index in [1.807, 2.05) is 0 Å². The first kappa shape index (κ1) is 33.0. The molecule has 6 atom stereocenters. The lowest BCUT2D eigenvalue weighted by molar-refractivity contribution is -0.0483. The smallest absolute Gasteiger partial charge is 0.490 e. The van der Waals surface area contributed by atoms with Crippen LogP contribution in [0.1, 0.15) is 22.1 Å². The molecule has 0 bridgehead atoms. The molecule has 4 rings (SSSR count). The van der Waals surface area contributed by atoms with Gasteiger partial charge in [0.05, 0.1) is 32.7 Å². The molecule has 3 heterocycles. The molecule has 1 amide bonds. The fourth-order valence-corrected chi connectivity index (χ4v) is 7.09. The number of nitrogens with zero attached hydrogens (tertiary/aromatic N) is 4. The quantitative estimate of drug-likeness (QED) is 0.111. The summed E-state index contributed by atoms with van der Waals surface area (Å²) in [5, 5.41) is 23.2. The van der Waals surface area contributed by atoms with Crippen LogP contribution in [0.15, 0.2) is 30.9 Å². The van der Waals surface area contributed by atoms with E-state index in [2.05, 4.69) is 33.4 Å². The molecule has 1 aliphatic rings. The summed E-state index contributed by atoms with van der Waals surface area (Å²) in [4.78, 5) is 61.9. The lowest BCUT2D eigenvalue weighted by atomic mass is 10.1. The summed E-state index contributed by atoms with van der Waals surface area (Å²) >= 11 is 0. The number of phosphoric ester groups is 1. The number of anilines is 1. The number of hydrogen-bond donors (Lipinski definition) is 8. The maximum Gasteiger partial charge on any atom is 0.490 e. The van der Waals surface area contributed by atoms with Crippen molar-refractivity contribution in [3.05, 3.63) is 42.0 Å². The molecular formula is C19H25N6O15P3. The number of hydrogen-bond acceptors (Lipinski definition) is 15. The summed E-state index contributed by atoms with van der Waals surface area (Å²) in [7, 11) is -15.7. The van der Waals surface area contributed by atoms with Crippen LogP contribution in [0.2, 0.25) is 0 Å².